The first-order valence-electron chi connectivity index (χ1n) is 10.1. The molecule has 0 radical (unpaired) electrons. The predicted molar refractivity (Wildman–Crippen MR) is 135 cm³/mol. The molecule has 9 nitrogen and oxygen atoms in total. The van der Waals surface area contributed by atoms with Crippen LogP contribution < -0.4 is 19.1 Å². The number of fused-ring (bicyclic) bond motifs is 1. The Labute approximate surface area is 212 Å². The zero-order valence-electron chi connectivity index (χ0n) is 18.1. The molecular formula is C22H19Cl2N3O6S2. The lowest BCUT2D eigenvalue weighted by Crippen LogP contribution is -2.48. The second-order valence-corrected chi connectivity index (χ2v) is 12.1. The third-order valence-electron chi connectivity index (χ3n) is 5.01. The molecule has 2 N–H and O–H groups in total. The molecule has 3 aromatic rings. The highest BCUT2D eigenvalue weighted by atomic mass is 35.5. The molecule has 0 spiro atoms. The standard InChI is InChI=1S/C22H19Cl2N3O6S2/c1-34(29,30)27-13-21(33-20-11-4-15(24)12-19(20)27)22(28)25-16-7-9-18(10-8-16)35(31,32)26-17-5-2-14(23)3-6-17/h2-12,21,26H,13H2,1H3,(H,25,28)/t21-/m1/s1. The van der Waals surface area contributed by atoms with Gasteiger partial charge in [0.2, 0.25) is 10.0 Å². The lowest BCUT2D eigenvalue weighted by Gasteiger charge is -2.34. The second-order valence-electron chi connectivity index (χ2n) is 7.64. The smallest absolute Gasteiger partial charge is 0.267 e. The number of nitrogens with one attached hydrogen (secondary N) is 2. The summed E-state index contributed by atoms with van der Waals surface area (Å²) < 4.78 is 59.0. The third-order valence-corrected chi connectivity index (χ3v) is 8.04. The van der Waals surface area contributed by atoms with Gasteiger partial charge in [-0.3, -0.25) is 13.8 Å². The van der Waals surface area contributed by atoms with Gasteiger partial charge < -0.3 is 10.1 Å². The molecule has 3 aromatic carbocycles. The van der Waals surface area contributed by atoms with Crippen LogP contribution in [-0.4, -0.2) is 41.6 Å². The highest BCUT2D eigenvalue weighted by Gasteiger charge is 2.35. The number of hydrogen-bond donors (Lipinski definition) is 2. The van der Waals surface area contributed by atoms with Crippen LogP contribution in [0, 0.1) is 0 Å². The zero-order chi connectivity index (χ0) is 25.4. The first kappa shape index (κ1) is 25.1. The SMILES string of the molecule is CS(=O)(=O)N1C[C@H](C(=O)Nc2ccc(S(=O)(=O)Nc3ccc(Cl)cc3)cc2)Oc2ccc(Cl)cc21. The largest absolute Gasteiger partial charge is 0.476 e. The first-order valence-corrected chi connectivity index (χ1v) is 14.1. The van der Waals surface area contributed by atoms with E-state index in [4.69, 9.17) is 27.9 Å². The van der Waals surface area contributed by atoms with Crippen molar-refractivity contribution in [3.63, 3.8) is 0 Å². The van der Waals surface area contributed by atoms with Gasteiger partial charge in [-0.2, -0.15) is 0 Å². The van der Waals surface area contributed by atoms with E-state index in [2.05, 4.69) is 10.0 Å². The van der Waals surface area contributed by atoms with Crippen molar-refractivity contribution in [1.82, 2.24) is 0 Å². The molecule has 0 aliphatic carbocycles. The molecule has 1 aliphatic rings. The number of anilines is 3. The van der Waals surface area contributed by atoms with Crippen LogP contribution in [-0.2, 0) is 24.8 Å². The summed E-state index contributed by atoms with van der Waals surface area (Å²) in [5, 5.41) is 3.42. The van der Waals surface area contributed by atoms with Gasteiger partial charge in [0, 0.05) is 21.4 Å². The van der Waals surface area contributed by atoms with Crippen molar-refractivity contribution in [2.75, 3.05) is 27.1 Å². The lowest BCUT2D eigenvalue weighted by molar-refractivity contribution is -0.122. The average Bonchev–Trinajstić information content (AvgIpc) is 2.79. The van der Waals surface area contributed by atoms with Crippen LogP contribution in [0.15, 0.2) is 71.6 Å². The Kier molecular flexibility index (Phi) is 6.87. The molecule has 1 atom stereocenters. The van der Waals surface area contributed by atoms with Crippen molar-refractivity contribution in [1.29, 1.82) is 0 Å². The van der Waals surface area contributed by atoms with Crippen LogP contribution in [0.1, 0.15) is 0 Å². The Morgan fingerprint density at radius 2 is 1.51 bits per heavy atom. The maximum absolute atomic E-state index is 12.8. The first-order chi connectivity index (χ1) is 16.4. The van der Waals surface area contributed by atoms with Crippen LogP contribution in [0.3, 0.4) is 0 Å². The molecule has 0 bridgehead atoms. The molecule has 1 heterocycles. The number of halogens is 2. The van der Waals surface area contributed by atoms with E-state index in [1.165, 1.54) is 54.6 Å². The van der Waals surface area contributed by atoms with E-state index >= 15 is 0 Å². The van der Waals surface area contributed by atoms with Gasteiger partial charge in [-0.1, -0.05) is 23.2 Å². The van der Waals surface area contributed by atoms with Crippen molar-refractivity contribution in [3.8, 4) is 5.75 Å². The number of ether oxygens (including phenoxy) is 1. The van der Waals surface area contributed by atoms with E-state index in [1.54, 1.807) is 12.1 Å². The minimum atomic E-state index is -3.87. The van der Waals surface area contributed by atoms with Gasteiger partial charge in [-0.15, -0.1) is 0 Å². The monoisotopic (exact) mass is 555 g/mol. The van der Waals surface area contributed by atoms with E-state index in [1.807, 2.05) is 0 Å². The summed E-state index contributed by atoms with van der Waals surface area (Å²) in [7, 11) is -7.58. The summed E-state index contributed by atoms with van der Waals surface area (Å²) in [6.45, 7) is -0.254. The minimum Gasteiger partial charge on any atom is -0.476 e. The maximum atomic E-state index is 12.8. The summed E-state index contributed by atoms with van der Waals surface area (Å²) in [6, 6.07) is 16.1. The van der Waals surface area contributed by atoms with Crippen molar-refractivity contribution >= 4 is 66.2 Å². The van der Waals surface area contributed by atoms with Crippen molar-refractivity contribution in [3.05, 3.63) is 76.8 Å². The molecule has 0 unspecified atom stereocenters. The number of sulfonamides is 2. The number of benzene rings is 3. The summed E-state index contributed by atoms with van der Waals surface area (Å²) in [6.07, 6.45) is -0.122. The lowest BCUT2D eigenvalue weighted by atomic mass is 10.2. The average molecular weight is 556 g/mol. The third kappa shape index (κ3) is 5.81. The molecule has 0 saturated heterocycles. The van der Waals surface area contributed by atoms with Crippen LogP contribution in [0.5, 0.6) is 5.75 Å². The Bertz CT molecular complexity index is 1480. The molecule has 0 saturated carbocycles. The Balaban J connectivity index is 1.48. The fourth-order valence-electron chi connectivity index (χ4n) is 3.35. The number of hydrogen-bond acceptors (Lipinski definition) is 6. The summed E-state index contributed by atoms with van der Waals surface area (Å²) in [4.78, 5) is 12.8. The molecule has 1 aliphatic heterocycles. The number of nitrogens with zero attached hydrogens (tertiary/aromatic N) is 1. The van der Waals surface area contributed by atoms with Crippen molar-refractivity contribution in [2.24, 2.45) is 0 Å². The molecule has 4 rings (SSSR count). The number of carbonyl (C=O) groups is 1. The van der Waals surface area contributed by atoms with E-state index in [0.29, 0.717) is 21.4 Å². The van der Waals surface area contributed by atoms with E-state index in [-0.39, 0.29) is 22.9 Å². The van der Waals surface area contributed by atoms with Gasteiger partial charge in [0.25, 0.3) is 15.9 Å². The highest BCUT2D eigenvalue weighted by Crippen LogP contribution is 2.37. The van der Waals surface area contributed by atoms with Crippen LogP contribution in [0.25, 0.3) is 0 Å². The van der Waals surface area contributed by atoms with Gasteiger partial charge >= 0.3 is 0 Å². The Morgan fingerprint density at radius 3 is 2.14 bits per heavy atom. The van der Waals surface area contributed by atoms with Crippen LogP contribution in [0.4, 0.5) is 17.1 Å². The molecular weight excluding hydrogens is 537 g/mol. The molecule has 0 fully saturated rings. The fraction of sp³-hybridized carbons (Fsp3) is 0.136. The Morgan fingerprint density at radius 1 is 0.914 bits per heavy atom. The highest BCUT2D eigenvalue weighted by molar-refractivity contribution is 7.92. The number of carbonyl (C=O) groups excluding carboxylic acids is 1. The van der Waals surface area contributed by atoms with Crippen LogP contribution >= 0.6 is 23.2 Å². The molecule has 184 valence electrons. The fourth-order valence-corrected chi connectivity index (χ4v) is 5.60. The van der Waals surface area contributed by atoms with Gasteiger partial charge in [0.15, 0.2) is 6.10 Å². The second kappa shape index (κ2) is 9.57. The predicted octanol–water partition coefficient (Wildman–Crippen LogP) is 3.96. The molecule has 0 aromatic heterocycles. The normalized spacial score (nSPS) is 15.6. The molecule has 1 amide bonds. The van der Waals surface area contributed by atoms with E-state index in [9.17, 15) is 21.6 Å². The van der Waals surface area contributed by atoms with E-state index in [0.717, 1.165) is 10.6 Å². The number of amides is 1. The summed E-state index contributed by atoms with van der Waals surface area (Å²) in [5.74, 6) is -0.407. The Hall–Kier alpha value is -2.99. The minimum absolute atomic E-state index is 0.0200. The maximum Gasteiger partial charge on any atom is 0.267 e. The van der Waals surface area contributed by atoms with Crippen molar-refractivity contribution < 1.29 is 26.4 Å². The summed E-state index contributed by atoms with van der Waals surface area (Å²) >= 11 is 11.8. The number of rotatable bonds is 6. The van der Waals surface area contributed by atoms with Gasteiger partial charge in [-0.05, 0) is 66.7 Å². The molecule has 35 heavy (non-hydrogen) atoms. The quantitative estimate of drug-likeness (QED) is 0.474. The van der Waals surface area contributed by atoms with Gasteiger partial charge in [0.05, 0.1) is 23.4 Å². The van der Waals surface area contributed by atoms with Gasteiger partial charge in [0.1, 0.15) is 5.75 Å². The van der Waals surface area contributed by atoms with Crippen LogP contribution in [0.2, 0.25) is 10.0 Å². The summed E-state index contributed by atoms with van der Waals surface area (Å²) in [5.41, 5.74) is 0.891. The molecule has 13 heteroatoms. The van der Waals surface area contributed by atoms with E-state index < -0.39 is 32.1 Å². The zero-order valence-corrected chi connectivity index (χ0v) is 21.2. The van der Waals surface area contributed by atoms with Crippen molar-refractivity contribution in [2.45, 2.75) is 11.0 Å². The topological polar surface area (TPSA) is 122 Å². The van der Waals surface area contributed by atoms with Gasteiger partial charge in [-0.25, -0.2) is 16.8 Å².